The van der Waals surface area contributed by atoms with Gasteiger partial charge in [-0.1, -0.05) is 0 Å². The molecule has 0 radical (unpaired) electrons. The van der Waals surface area contributed by atoms with E-state index in [0.29, 0.717) is 11.4 Å². The van der Waals surface area contributed by atoms with Crippen molar-refractivity contribution >= 4 is 11.6 Å². The predicted molar refractivity (Wildman–Crippen MR) is 73.4 cm³/mol. The van der Waals surface area contributed by atoms with E-state index in [-0.39, 0.29) is 11.5 Å². The van der Waals surface area contributed by atoms with Crippen LogP contribution in [0.1, 0.15) is 31.3 Å². The molecule has 0 aliphatic rings. The quantitative estimate of drug-likeness (QED) is 0.890. The van der Waals surface area contributed by atoms with Crippen molar-refractivity contribution in [1.29, 1.82) is 0 Å². The van der Waals surface area contributed by atoms with Crippen LogP contribution in [-0.4, -0.2) is 21.5 Å². The lowest BCUT2D eigenvalue weighted by molar-refractivity contribution is 0.102. The zero-order valence-corrected chi connectivity index (χ0v) is 11.2. The number of aromatic amines is 1. The number of carbonyl (C=O) groups is 1. The molecule has 2 N–H and O–H groups in total. The molecular formula is C14H17N3O2. The number of nitrogens with one attached hydrogen (secondary N) is 2. The fraction of sp³-hybridized carbons (Fsp3) is 0.286. The van der Waals surface area contributed by atoms with Gasteiger partial charge in [-0.15, -0.1) is 0 Å². The summed E-state index contributed by atoms with van der Waals surface area (Å²) in [6, 6.07) is 7.26. The minimum atomic E-state index is -0.235. The molecule has 5 nitrogen and oxygen atoms in total. The van der Waals surface area contributed by atoms with E-state index < -0.39 is 0 Å². The number of anilines is 1. The van der Waals surface area contributed by atoms with Gasteiger partial charge in [-0.05, 0) is 45.0 Å². The van der Waals surface area contributed by atoms with E-state index in [1.165, 1.54) is 12.5 Å². The highest BCUT2D eigenvalue weighted by atomic mass is 16.5. The first kappa shape index (κ1) is 13.1. The molecule has 0 atom stereocenters. The van der Waals surface area contributed by atoms with Crippen LogP contribution >= 0.6 is 0 Å². The van der Waals surface area contributed by atoms with Crippen molar-refractivity contribution in [2.45, 2.75) is 26.4 Å². The van der Waals surface area contributed by atoms with E-state index in [1.54, 1.807) is 12.1 Å². The Morgan fingerprint density at radius 1 is 1.26 bits per heavy atom. The first-order chi connectivity index (χ1) is 8.94. The number of benzene rings is 1. The molecule has 0 aliphatic heterocycles. The van der Waals surface area contributed by atoms with Crippen molar-refractivity contribution in [3.05, 3.63) is 42.5 Å². The Balaban J connectivity index is 2.01. The first-order valence-corrected chi connectivity index (χ1v) is 6.03. The Morgan fingerprint density at radius 3 is 2.47 bits per heavy atom. The molecule has 1 heterocycles. The highest BCUT2D eigenvalue weighted by molar-refractivity contribution is 6.02. The first-order valence-electron chi connectivity index (χ1n) is 6.03. The summed E-state index contributed by atoms with van der Waals surface area (Å²) >= 11 is 0. The average molecular weight is 259 g/mol. The van der Waals surface area contributed by atoms with Crippen LogP contribution in [0, 0.1) is 0 Å². The molecule has 0 saturated heterocycles. The minimum absolute atomic E-state index is 0.220. The van der Waals surface area contributed by atoms with Crippen LogP contribution in [0.4, 0.5) is 5.69 Å². The summed E-state index contributed by atoms with van der Waals surface area (Å²) in [5.74, 6) is 0.550. The van der Waals surface area contributed by atoms with Gasteiger partial charge in [0.05, 0.1) is 12.5 Å². The van der Waals surface area contributed by atoms with Crippen molar-refractivity contribution in [2.24, 2.45) is 0 Å². The van der Waals surface area contributed by atoms with Crippen LogP contribution in [0.2, 0.25) is 0 Å². The zero-order valence-electron chi connectivity index (χ0n) is 11.2. The molecule has 2 aromatic rings. The van der Waals surface area contributed by atoms with Gasteiger partial charge < -0.3 is 15.0 Å². The number of rotatable bonds is 3. The Morgan fingerprint density at radius 2 is 1.95 bits per heavy atom. The third-order valence-corrected chi connectivity index (χ3v) is 2.28. The summed E-state index contributed by atoms with van der Waals surface area (Å²) < 4.78 is 5.71. The van der Waals surface area contributed by atoms with Gasteiger partial charge in [-0.3, -0.25) is 4.79 Å². The van der Waals surface area contributed by atoms with E-state index in [4.69, 9.17) is 4.74 Å². The molecule has 0 aliphatic carbocycles. The lowest BCUT2D eigenvalue weighted by Gasteiger charge is -2.21. The molecule has 1 aromatic carbocycles. The fourth-order valence-corrected chi connectivity index (χ4v) is 1.54. The third kappa shape index (κ3) is 3.84. The van der Waals surface area contributed by atoms with Gasteiger partial charge in [0.1, 0.15) is 17.0 Å². The van der Waals surface area contributed by atoms with Gasteiger partial charge >= 0.3 is 0 Å². The second-order valence-corrected chi connectivity index (χ2v) is 5.16. The maximum Gasteiger partial charge on any atom is 0.273 e. The zero-order chi connectivity index (χ0) is 13.9. The van der Waals surface area contributed by atoms with Crippen molar-refractivity contribution in [3.8, 4) is 5.75 Å². The van der Waals surface area contributed by atoms with Gasteiger partial charge in [0.15, 0.2) is 0 Å². The molecule has 0 fully saturated rings. The monoisotopic (exact) mass is 259 g/mol. The number of hydrogen-bond acceptors (Lipinski definition) is 3. The molecule has 1 amide bonds. The van der Waals surface area contributed by atoms with Gasteiger partial charge in [-0.25, -0.2) is 4.98 Å². The number of ether oxygens (including phenoxy) is 1. The maximum absolute atomic E-state index is 11.8. The summed E-state index contributed by atoms with van der Waals surface area (Å²) in [6.45, 7) is 5.96. The fourth-order valence-electron chi connectivity index (χ4n) is 1.54. The summed E-state index contributed by atoms with van der Waals surface area (Å²) in [4.78, 5) is 18.3. The molecule has 5 heteroatoms. The number of nitrogens with zero attached hydrogens (tertiary/aromatic N) is 1. The summed E-state index contributed by atoms with van der Waals surface area (Å²) in [5.41, 5.74) is 0.900. The lowest BCUT2D eigenvalue weighted by atomic mass is 10.2. The molecule has 0 unspecified atom stereocenters. The number of aromatic nitrogens is 2. The molecule has 0 saturated carbocycles. The van der Waals surface area contributed by atoms with E-state index in [1.807, 2.05) is 32.9 Å². The Kier molecular flexibility index (Phi) is 3.55. The van der Waals surface area contributed by atoms with Crippen LogP contribution < -0.4 is 10.1 Å². The Bertz CT molecular complexity index is 539. The van der Waals surface area contributed by atoms with E-state index >= 15 is 0 Å². The lowest BCUT2D eigenvalue weighted by Crippen LogP contribution is -2.22. The summed E-state index contributed by atoms with van der Waals surface area (Å²) in [7, 11) is 0. The molecule has 1 aromatic heterocycles. The van der Waals surface area contributed by atoms with Crippen molar-refractivity contribution in [1.82, 2.24) is 9.97 Å². The summed E-state index contributed by atoms with van der Waals surface area (Å²) in [5, 5.41) is 2.77. The Labute approximate surface area is 112 Å². The number of hydrogen-bond donors (Lipinski definition) is 2. The van der Waals surface area contributed by atoms with Gasteiger partial charge in [0.2, 0.25) is 0 Å². The molecule has 0 bridgehead atoms. The highest BCUT2D eigenvalue weighted by Gasteiger charge is 2.12. The van der Waals surface area contributed by atoms with Crippen LogP contribution in [-0.2, 0) is 0 Å². The van der Waals surface area contributed by atoms with E-state index in [0.717, 1.165) is 5.75 Å². The van der Waals surface area contributed by atoms with Crippen LogP contribution in [0.15, 0.2) is 36.8 Å². The second kappa shape index (κ2) is 5.14. The largest absolute Gasteiger partial charge is 0.488 e. The molecular weight excluding hydrogens is 242 g/mol. The number of imidazole rings is 1. The average Bonchev–Trinajstić information content (AvgIpc) is 2.83. The smallest absolute Gasteiger partial charge is 0.273 e. The standard InChI is InChI=1S/C14H17N3O2/c1-14(2,3)19-11-6-4-10(5-7-11)17-13(18)12-8-15-9-16-12/h4-9H,1-3H3,(H,15,16)(H,17,18). The molecule has 2 rings (SSSR count). The van der Waals surface area contributed by atoms with Crippen LogP contribution in [0.5, 0.6) is 5.75 Å². The van der Waals surface area contributed by atoms with Gasteiger partial charge in [0, 0.05) is 5.69 Å². The molecule has 100 valence electrons. The van der Waals surface area contributed by atoms with Crippen LogP contribution in [0.3, 0.4) is 0 Å². The molecule has 19 heavy (non-hydrogen) atoms. The summed E-state index contributed by atoms with van der Waals surface area (Å²) in [6.07, 6.45) is 2.95. The highest BCUT2D eigenvalue weighted by Crippen LogP contribution is 2.20. The second-order valence-electron chi connectivity index (χ2n) is 5.16. The Hall–Kier alpha value is -2.30. The normalized spacial score (nSPS) is 11.1. The van der Waals surface area contributed by atoms with Crippen molar-refractivity contribution in [2.75, 3.05) is 5.32 Å². The SMILES string of the molecule is CC(C)(C)Oc1ccc(NC(=O)c2cnc[nH]2)cc1. The maximum atomic E-state index is 11.8. The minimum Gasteiger partial charge on any atom is -0.488 e. The van der Waals surface area contributed by atoms with E-state index in [9.17, 15) is 4.79 Å². The van der Waals surface area contributed by atoms with Crippen molar-refractivity contribution < 1.29 is 9.53 Å². The third-order valence-electron chi connectivity index (χ3n) is 2.28. The van der Waals surface area contributed by atoms with Crippen LogP contribution in [0.25, 0.3) is 0 Å². The number of H-pyrrole nitrogens is 1. The number of carbonyl (C=O) groups excluding carboxylic acids is 1. The topological polar surface area (TPSA) is 67.0 Å². The van der Waals surface area contributed by atoms with Gasteiger partial charge in [0.25, 0.3) is 5.91 Å². The van der Waals surface area contributed by atoms with Gasteiger partial charge in [-0.2, -0.15) is 0 Å². The number of amides is 1. The molecule has 0 spiro atoms. The predicted octanol–water partition coefficient (Wildman–Crippen LogP) is 2.84. The van der Waals surface area contributed by atoms with Crippen molar-refractivity contribution in [3.63, 3.8) is 0 Å². The van der Waals surface area contributed by atoms with E-state index in [2.05, 4.69) is 15.3 Å².